The van der Waals surface area contributed by atoms with Gasteiger partial charge < -0.3 is 5.73 Å². The van der Waals surface area contributed by atoms with Crippen LogP contribution in [-0.4, -0.2) is 5.75 Å². The SMILES string of the molecule is CC=CCSc1cccc(CN)c1. The summed E-state index contributed by atoms with van der Waals surface area (Å²) in [5.74, 6) is 1.03. The third-order valence-electron chi connectivity index (χ3n) is 1.72. The summed E-state index contributed by atoms with van der Waals surface area (Å²) in [6, 6.07) is 8.38. The van der Waals surface area contributed by atoms with Gasteiger partial charge in [0.25, 0.3) is 0 Å². The predicted octanol–water partition coefficient (Wildman–Crippen LogP) is 2.81. The maximum Gasteiger partial charge on any atom is 0.0178 e. The highest BCUT2D eigenvalue weighted by Crippen LogP contribution is 2.18. The zero-order valence-electron chi connectivity index (χ0n) is 7.86. The number of rotatable bonds is 4. The second-order valence-corrected chi connectivity index (χ2v) is 3.82. The molecular formula is C11H15NS. The third kappa shape index (κ3) is 3.66. The topological polar surface area (TPSA) is 26.0 Å². The van der Waals surface area contributed by atoms with Crippen LogP contribution in [0.1, 0.15) is 12.5 Å². The number of hydrogen-bond donors (Lipinski definition) is 1. The molecule has 0 fully saturated rings. The first-order chi connectivity index (χ1) is 6.36. The molecule has 2 N–H and O–H groups in total. The van der Waals surface area contributed by atoms with Gasteiger partial charge in [-0.3, -0.25) is 0 Å². The molecule has 1 nitrogen and oxygen atoms in total. The normalized spacial score (nSPS) is 10.9. The molecule has 0 spiro atoms. The molecule has 0 atom stereocenters. The Kier molecular flexibility index (Phi) is 4.65. The Labute approximate surface area is 84.0 Å². The Morgan fingerprint density at radius 2 is 2.31 bits per heavy atom. The van der Waals surface area contributed by atoms with Gasteiger partial charge in [-0.05, 0) is 24.6 Å². The van der Waals surface area contributed by atoms with Gasteiger partial charge in [-0.1, -0.05) is 24.3 Å². The molecule has 0 saturated heterocycles. The van der Waals surface area contributed by atoms with Crippen molar-refractivity contribution in [3.05, 3.63) is 42.0 Å². The summed E-state index contributed by atoms with van der Waals surface area (Å²) in [5, 5.41) is 0. The lowest BCUT2D eigenvalue weighted by Crippen LogP contribution is -1.95. The summed E-state index contributed by atoms with van der Waals surface area (Å²) >= 11 is 1.83. The highest BCUT2D eigenvalue weighted by Gasteiger charge is 1.93. The fourth-order valence-corrected chi connectivity index (χ4v) is 1.89. The first kappa shape index (κ1) is 10.4. The van der Waals surface area contributed by atoms with Gasteiger partial charge in [0, 0.05) is 17.2 Å². The van der Waals surface area contributed by atoms with Crippen LogP contribution in [0.25, 0.3) is 0 Å². The van der Waals surface area contributed by atoms with Crippen molar-refractivity contribution in [2.45, 2.75) is 18.4 Å². The molecular weight excluding hydrogens is 178 g/mol. The first-order valence-electron chi connectivity index (χ1n) is 4.39. The van der Waals surface area contributed by atoms with Crippen LogP contribution in [0.3, 0.4) is 0 Å². The van der Waals surface area contributed by atoms with Gasteiger partial charge in [-0.15, -0.1) is 11.8 Å². The third-order valence-corrected chi connectivity index (χ3v) is 2.66. The van der Waals surface area contributed by atoms with Gasteiger partial charge in [0.1, 0.15) is 0 Å². The van der Waals surface area contributed by atoms with E-state index in [-0.39, 0.29) is 0 Å². The second-order valence-electron chi connectivity index (χ2n) is 2.73. The monoisotopic (exact) mass is 193 g/mol. The van der Waals surface area contributed by atoms with E-state index in [1.54, 1.807) is 0 Å². The number of hydrogen-bond acceptors (Lipinski definition) is 2. The lowest BCUT2D eigenvalue weighted by molar-refractivity contribution is 1.06. The average Bonchev–Trinajstić information content (AvgIpc) is 2.19. The number of allylic oxidation sites excluding steroid dienone is 1. The Morgan fingerprint density at radius 1 is 1.46 bits per heavy atom. The van der Waals surface area contributed by atoms with Crippen LogP contribution in [0.5, 0.6) is 0 Å². The van der Waals surface area contributed by atoms with E-state index < -0.39 is 0 Å². The quantitative estimate of drug-likeness (QED) is 0.588. The summed E-state index contributed by atoms with van der Waals surface area (Å²) in [4.78, 5) is 1.29. The smallest absolute Gasteiger partial charge is 0.0178 e. The standard InChI is InChI=1S/C11H15NS/c1-2-3-7-13-11-6-4-5-10(8-11)9-12/h2-6,8H,7,9,12H2,1H3. The van der Waals surface area contributed by atoms with Gasteiger partial charge in [0.15, 0.2) is 0 Å². The molecule has 0 bridgehead atoms. The highest BCUT2D eigenvalue weighted by atomic mass is 32.2. The van der Waals surface area contributed by atoms with Crippen LogP contribution < -0.4 is 5.73 Å². The minimum absolute atomic E-state index is 0.623. The van der Waals surface area contributed by atoms with Crippen LogP contribution in [0.2, 0.25) is 0 Å². The minimum atomic E-state index is 0.623. The predicted molar refractivity (Wildman–Crippen MR) is 59.9 cm³/mol. The fourth-order valence-electron chi connectivity index (χ4n) is 1.00. The minimum Gasteiger partial charge on any atom is -0.326 e. The largest absolute Gasteiger partial charge is 0.326 e. The van der Waals surface area contributed by atoms with Gasteiger partial charge in [-0.25, -0.2) is 0 Å². The molecule has 0 aliphatic rings. The summed E-state index contributed by atoms with van der Waals surface area (Å²) < 4.78 is 0. The van der Waals surface area contributed by atoms with Crippen LogP contribution in [0.15, 0.2) is 41.3 Å². The summed E-state index contributed by atoms with van der Waals surface area (Å²) in [5.41, 5.74) is 6.75. The number of thioether (sulfide) groups is 1. The van der Waals surface area contributed by atoms with Crippen LogP contribution in [-0.2, 0) is 6.54 Å². The fraction of sp³-hybridized carbons (Fsp3) is 0.273. The molecule has 70 valence electrons. The molecule has 13 heavy (non-hydrogen) atoms. The Hall–Kier alpha value is -0.730. The summed E-state index contributed by atoms with van der Waals surface area (Å²) in [6.07, 6.45) is 4.22. The van der Waals surface area contributed by atoms with Crippen molar-refractivity contribution in [2.24, 2.45) is 5.73 Å². The van der Waals surface area contributed by atoms with E-state index in [9.17, 15) is 0 Å². The van der Waals surface area contributed by atoms with E-state index in [0.29, 0.717) is 6.54 Å². The zero-order chi connectivity index (χ0) is 9.52. The zero-order valence-corrected chi connectivity index (χ0v) is 8.68. The van der Waals surface area contributed by atoms with Crippen LogP contribution in [0.4, 0.5) is 0 Å². The molecule has 0 aliphatic carbocycles. The Bertz CT molecular complexity index is 281. The molecule has 1 rings (SSSR count). The van der Waals surface area contributed by atoms with E-state index in [1.165, 1.54) is 10.5 Å². The van der Waals surface area contributed by atoms with Crippen LogP contribution >= 0.6 is 11.8 Å². The molecule has 1 aromatic carbocycles. The van der Waals surface area contributed by atoms with E-state index in [2.05, 4.69) is 36.4 Å². The summed E-state index contributed by atoms with van der Waals surface area (Å²) in [6.45, 7) is 2.66. The van der Waals surface area contributed by atoms with Crippen molar-refractivity contribution in [1.82, 2.24) is 0 Å². The highest BCUT2D eigenvalue weighted by molar-refractivity contribution is 7.99. The summed E-state index contributed by atoms with van der Waals surface area (Å²) in [7, 11) is 0. The van der Waals surface area contributed by atoms with Gasteiger partial charge >= 0.3 is 0 Å². The number of benzene rings is 1. The van der Waals surface area contributed by atoms with E-state index >= 15 is 0 Å². The maximum atomic E-state index is 5.55. The second kappa shape index (κ2) is 5.84. The van der Waals surface area contributed by atoms with E-state index in [0.717, 1.165) is 5.75 Å². The van der Waals surface area contributed by atoms with Crippen molar-refractivity contribution < 1.29 is 0 Å². The number of nitrogens with two attached hydrogens (primary N) is 1. The van der Waals surface area contributed by atoms with E-state index in [4.69, 9.17) is 5.73 Å². The van der Waals surface area contributed by atoms with Gasteiger partial charge in [0.2, 0.25) is 0 Å². The van der Waals surface area contributed by atoms with Crippen molar-refractivity contribution in [1.29, 1.82) is 0 Å². The van der Waals surface area contributed by atoms with Crippen LogP contribution in [0, 0.1) is 0 Å². The molecule has 1 aromatic rings. The maximum absolute atomic E-state index is 5.55. The molecule has 2 heteroatoms. The van der Waals surface area contributed by atoms with Crippen molar-refractivity contribution in [2.75, 3.05) is 5.75 Å². The lowest BCUT2D eigenvalue weighted by Gasteiger charge is -2.00. The van der Waals surface area contributed by atoms with Gasteiger partial charge in [-0.2, -0.15) is 0 Å². The average molecular weight is 193 g/mol. The van der Waals surface area contributed by atoms with Crippen molar-refractivity contribution in [3.8, 4) is 0 Å². The molecule has 0 aromatic heterocycles. The molecule has 0 saturated carbocycles. The molecule has 0 radical (unpaired) electrons. The van der Waals surface area contributed by atoms with E-state index in [1.807, 2.05) is 18.7 Å². The Morgan fingerprint density at radius 3 is 3.00 bits per heavy atom. The molecule has 0 amide bonds. The first-order valence-corrected chi connectivity index (χ1v) is 5.38. The molecule has 0 aliphatic heterocycles. The van der Waals surface area contributed by atoms with Crippen molar-refractivity contribution >= 4 is 11.8 Å². The lowest BCUT2D eigenvalue weighted by atomic mass is 10.2. The molecule has 0 heterocycles. The van der Waals surface area contributed by atoms with Crippen molar-refractivity contribution in [3.63, 3.8) is 0 Å². The Balaban J connectivity index is 2.56. The van der Waals surface area contributed by atoms with Gasteiger partial charge in [0.05, 0.1) is 0 Å². The molecule has 0 unspecified atom stereocenters.